The van der Waals surface area contributed by atoms with E-state index in [0.717, 1.165) is 32.6 Å². The number of ether oxygens (including phenoxy) is 2. The first kappa shape index (κ1) is 19.4. The van der Waals surface area contributed by atoms with Crippen LogP contribution in [-0.4, -0.2) is 61.3 Å². The normalized spacial score (nSPS) is 14.7. The number of benzene rings is 1. The second kappa shape index (κ2) is 9.05. The van der Waals surface area contributed by atoms with E-state index in [9.17, 15) is 4.79 Å². The van der Waals surface area contributed by atoms with E-state index in [1.165, 1.54) is 14.2 Å². The van der Waals surface area contributed by atoms with Gasteiger partial charge in [0.2, 0.25) is 17.6 Å². The highest BCUT2D eigenvalue weighted by Gasteiger charge is 2.18. The van der Waals surface area contributed by atoms with Crippen LogP contribution in [0.1, 0.15) is 18.7 Å². The van der Waals surface area contributed by atoms with Gasteiger partial charge in [-0.1, -0.05) is 16.8 Å². The molecule has 1 aromatic heterocycles. The highest BCUT2D eigenvalue weighted by Crippen LogP contribution is 2.38. The van der Waals surface area contributed by atoms with Crippen molar-refractivity contribution in [3.05, 3.63) is 23.0 Å². The van der Waals surface area contributed by atoms with E-state index >= 15 is 0 Å². The Labute approximate surface area is 162 Å². The highest BCUT2D eigenvalue weighted by atomic mass is 35.5. The van der Waals surface area contributed by atoms with Gasteiger partial charge in [-0.3, -0.25) is 4.79 Å². The third kappa shape index (κ3) is 4.70. The smallest absolute Gasteiger partial charge is 0.227 e. The minimum Gasteiger partial charge on any atom is -0.493 e. The highest BCUT2D eigenvalue weighted by molar-refractivity contribution is 6.32. The van der Waals surface area contributed by atoms with Crippen molar-refractivity contribution in [1.29, 1.82) is 0 Å². The van der Waals surface area contributed by atoms with Crippen LogP contribution in [0.15, 0.2) is 16.7 Å². The Balaban J connectivity index is 1.66. The molecule has 0 aliphatic carbocycles. The van der Waals surface area contributed by atoms with Crippen molar-refractivity contribution in [3.63, 3.8) is 0 Å². The van der Waals surface area contributed by atoms with E-state index in [2.05, 4.69) is 15.5 Å². The lowest BCUT2D eigenvalue weighted by atomic mass is 10.2. The fraction of sp³-hybridized carbons (Fsp3) is 0.500. The van der Waals surface area contributed by atoms with Crippen molar-refractivity contribution in [2.75, 3.05) is 40.4 Å². The third-order valence-corrected chi connectivity index (χ3v) is 4.69. The summed E-state index contributed by atoms with van der Waals surface area (Å²) in [6, 6.07) is 3.42. The molecule has 2 aromatic rings. The Morgan fingerprint density at radius 2 is 2.15 bits per heavy atom. The summed E-state index contributed by atoms with van der Waals surface area (Å²) in [5.41, 5.74) is 0.651. The Morgan fingerprint density at radius 1 is 1.30 bits per heavy atom. The van der Waals surface area contributed by atoms with Crippen LogP contribution in [-0.2, 0) is 11.2 Å². The molecular weight excluding hydrogens is 372 g/mol. The fourth-order valence-electron chi connectivity index (χ4n) is 2.99. The standard InChI is InChI=1S/C18H23ClN4O4/c1-25-14-11-12(10-13(19)17(14)26-2)18-21-15(27-22-18)4-5-16(24)23-8-3-6-20-7-9-23/h10-11,20H,3-9H2,1-2H3. The SMILES string of the molecule is COc1cc(-c2noc(CCC(=O)N3CCCNCC3)n2)cc(Cl)c1OC. The van der Waals surface area contributed by atoms with Gasteiger partial charge >= 0.3 is 0 Å². The van der Waals surface area contributed by atoms with E-state index < -0.39 is 0 Å². The van der Waals surface area contributed by atoms with Crippen LogP contribution in [0.3, 0.4) is 0 Å². The summed E-state index contributed by atoms with van der Waals surface area (Å²) < 4.78 is 15.8. The van der Waals surface area contributed by atoms with E-state index in [-0.39, 0.29) is 5.91 Å². The largest absolute Gasteiger partial charge is 0.493 e. The summed E-state index contributed by atoms with van der Waals surface area (Å²) >= 11 is 6.23. The molecule has 27 heavy (non-hydrogen) atoms. The van der Waals surface area contributed by atoms with E-state index in [1.807, 2.05) is 4.90 Å². The fourth-order valence-corrected chi connectivity index (χ4v) is 3.28. The van der Waals surface area contributed by atoms with E-state index in [0.29, 0.717) is 46.6 Å². The van der Waals surface area contributed by atoms with Gasteiger partial charge in [0, 0.05) is 38.0 Å². The number of nitrogens with zero attached hydrogens (tertiary/aromatic N) is 3. The van der Waals surface area contributed by atoms with Gasteiger partial charge < -0.3 is 24.2 Å². The molecule has 2 heterocycles. The summed E-state index contributed by atoms with van der Waals surface area (Å²) in [7, 11) is 3.05. The second-order valence-electron chi connectivity index (χ2n) is 6.19. The maximum atomic E-state index is 12.4. The van der Waals surface area contributed by atoms with Crippen molar-refractivity contribution >= 4 is 17.5 Å². The Hall–Kier alpha value is -2.32. The van der Waals surface area contributed by atoms with Crippen LogP contribution in [0.2, 0.25) is 5.02 Å². The predicted molar refractivity (Wildman–Crippen MR) is 100 cm³/mol. The van der Waals surface area contributed by atoms with Crippen molar-refractivity contribution in [3.8, 4) is 22.9 Å². The number of hydrogen-bond donors (Lipinski definition) is 1. The monoisotopic (exact) mass is 394 g/mol. The number of rotatable bonds is 6. The molecule has 1 N–H and O–H groups in total. The van der Waals surface area contributed by atoms with Crippen LogP contribution in [0.4, 0.5) is 0 Å². The molecule has 8 nitrogen and oxygen atoms in total. The lowest BCUT2D eigenvalue weighted by molar-refractivity contribution is -0.131. The van der Waals surface area contributed by atoms with Crippen molar-refractivity contribution < 1.29 is 18.8 Å². The maximum Gasteiger partial charge on any atom is 0.227 e. The first-order chi connectivity index (χ1) is 13.1. The summed E-state index contributed by atoms with van der Waals surface area (Å²) in [5, 5.41) is 7.66. The van der Waals surface area contributed by atoms with Gasteiger partial charge in [0.25, 0.3) is 0 Å². The van der Waals surface area contributed by atoms with Crippen LogP contribution in [0.25, 0.3) is 11.4 Å². The number of aryl methyl sites for hydroxylation is 1. The molecule has 0 bridgehead atoms. The minimum atomic E-state index is 0.104. The molecule has 1 aliphatic heterocycles. The Morgan fingerprint density at radius 3 is 2.93 bits per heavy atom. The molecule has 1 saturated heterocycles. The number of methoxy groups -OCH3 is 2. The number of halogens is 1. The first-order valence-electron chi connectivity index (χ1n) is 8.85. The molecule has 0 radical (unpaired) electrons. The molecule has 1 aromatic carbocycles. The summed E-state index contributed by atoms with van der Waals surface area (Å²) in [6.45, 7) is 3.30. The van der Waals surface area contributed by atoms with Crippen LogP contribution in [0.5, 0.6) is 11.5 Å². The molecule has 0 atom stereocenters. The van der Waals surface area contributed by atoms with Crippen molar-refractivity contribution in [1.82, 2.24) is 20.4 Å². The number of nitrogens with one attached hydrogen (secondary N) is 1. The summed E-state index contributed by atoms with van der Waals surface area (Å²) in [5.74, 6) is 1.84. The van der Waals surface area contributed by atoms with Crippen molar-refractivity contribution in [2.45, 2.75) is 19.3 Å². The zero-order valence-corrected chi connectivity index (χ0v) is 16.2. The number of amides is 1. The van der Waals surface area contributed by atoms with Gasteiger partial charge in [-0.2, -0.15) is 4.98 Å². The van der Waals surface area contributed by atoms with Crippen LogP contribution in [0, 0.1) is 0 Å². The van der Waals surface area contributed by atoms with E-state index in [1.54, 1.807) is 12.1 Å². The maximum absolute atomic E-state index is 12.4. The molecule has 146 valence electrons. The molecule has 0 unspecified atom stereocenters. The molecule has 1 aliphatic rings. The average Bonchev–Trinajstić information content (AvgIpc) is 2.98. The molecule has 3 rings (SSSR count). The lowest BCUT2D eigenvalue weighted by Crippen LogP contribution is -2.34. The number of hydrogen-bond acceptors (Lipinski definition) is 7. The molecule has 1 fully saturated rings. The quantitative estimate of drug-likeness (QED) is 0.802. The van der Waals surface area contributed by atoms with Gasteiger partial charge in [-0.05, 0) is 25.1 Å². The summed E-state index contributed by atoms with van der Waals surface area (Å²) in [4.78, 5) is 18.6. The van der Waals surface area contributed by atoms with Crippen LogP contribution < -0.4 is 14.8 Å². The minimum absolute atomic E-state index is 0.104. The molecule has 0 saturated carbocycles. The summed E-state index contributed by atoms with van der Waals surface area (Å²) in [6.07, 6.45) is 1.71. The predicted octanol–water partition coefficient (Wildman–Crippen LogP) is 2.16. The van der Waals surface area contributed by atoms with Gasteiger partial charge in [0.05, 0.1) is 19.2 Å². The molecule has 1 amide bonds. The first-order valence-corrected chi connectivity index (χ1v) is 9.23. The zero-order valence-electron chi connectivity index (χ0n) is 15.5. The third-order valence-electron chi connectivity index (χ3n) is 4.41. The number of aromatic nitrogens is 2. The van der Waals surface area contributed by atoms with Gasteiger partial charge in [0.15, 0.2) is 11.5 Å². The van der Waals surface area contributed by atoms with E-state index in [4.69, 9.17) is 25.6 Å². The Bertz CT molecular complexity index is 788. The molecule has 0 spiro atoms. The molecular formula is C18H23ClN4O4. The second-order valence-corrected chi connectivity index (χ2v) is 6.60. The zero-order chi connectivity index (χ0) is 19.2. The average molecular weight is 395 g/mol. The van der Waals surface area contributed by atoms with Crippen LogP contribution >= 0.6 is 11.6 Å². The molecule has 9 heteroatoms. The van der Waals surface area contributed by atoms with Gasteiger partial charge in [-0.25, -0.2) is 0 Å². The van der Waals surface area contributed by atoms with Gasteiger partial charge in [-0.15, -0.1) is 0 Å². The van der Waals surface area contributed by atoms with Gasteiger partial charge in [0.1, 0.15) is 0 Å². The Kier molecular flexibility index (Phi) is 6.52. The topological polar surface area (TPSA) is 89.7 Å². The number of carbonyl (C=O) groups is 1. The number of carbonyl (C=O) groups excluding carboxylic acids is 1. The van der Waals surface area contributed by atoms with Crippen molar-refractivity contribution in [2.24, 2.45) is 0 Å². The lowest BCUT2D eigenvalue weighted by Gasteiger charge is -2.19.